The monoisotopic (exact) mass is 351 g/mol. The van der Waals surface area contributed by atoms with Crippen molar-refractivity contribution < 1.29 is 27.4 Å². The van der Waals surface area contributed by atoms with Gasteiger partial charge in [-0.25, -0.2) is 0 Å². The van der Waals surface area contributed by atoms with Crippen molar-refractivity contribution in [3.05, 3.63) is 65.2 Å². The quantitative estimate of drug-likeness (QED) is 0.806. The minimum absolute atomic E-state index is 0.0449. The second-order valence-corrected chi connectivity index (χ2v) is 5.13. The molecule has 0 bridgehead atoms. The molecular formula is C18H16F3NO3. The molecule has 132 valence electrons. The molecule has 0 unspecified atom stereocenters. The van der Waals surface area contributed by atoms with Gasteiger partial charge in [-0.3, -0.25) is 4.79 Å². The van der Waals surface area contributed by atoms with Crippen LogP contribution >= 0.6 is 0 Å². The van der Waals surface area contributed by atoms with Crippen LogP contribution in [0.25, 0.3) is 6.08 Å². The molecule has 0 aliphatic rings. The molecule has 0 aliphatic carbocycles. The molecule has 2 aromatic rings. The van der Waals surface area contributed by atoms with Crippen molar-refractivity contribution >= 4 is 12.0 Å². The molecule has 0 aliphatic heterocycles. The second-order valence-electron chi connectivity index (χ2n) is 5.13. The molecule has 0 spiro atoms. The first kappa shape index (κ1) is 18.4. The Bertz CT molecular complexity index is 785. The molecule has 1 amide bonds. The van der Waals surface area contributed by atoms with Crippen LogP contribution in [-0.2, 0) is 17.6 Å². The average Bonchev–Trinajstić information content (AvgIpc) is 2.58. The summed E-state index contributed by atoms with van der Waals surface area (Å²) in [7, 11) is 1.44. The number of ether oxygens (including phenoxy) is 2. The van der Waals surface area contributed by atoms with Crippen molar-refractivity contribution in [2.45, 2.75) is 12.8 Å². The number of benzene rings is 2. The first-order chi connectivity index (χ1) is 11.8. The predicted octanol–water partition coefficient (Wildman–Crippen LogP) is 3.79. The summed E-state index contributed by atoms with van der Waals surface area (Å²) in [5.74, 6) is 0.179. The van der Waals surface area contributed by atoms with Gasteiger partial charge in [-0.1, -0.05) is 18.2 Å². The lowest BCUT2D eigenvalue weighted by Gasteiger charge is -2.13. The third-order valence-electron chi connectivity index (χ3n) is 3.28. The van der Waals surface area contributed by atoms with E-state index in [9.17, 15) is 18.0 Å². The lowest BCUT2D eigenvalue weighted by molar-refractivity contribution is -0.137. The predicted molar refractivity (Wildman–Crippen MR) is 87.0 cm³/mol. The van der Waals surface area contributed by atoms with E-state index in [1.165, 1.54) is 25.3 Å². The molecule has 0 atom stereocenters. The Kier molecular flexibility index (Phi) is 5.69. The highest BCUT2D eigenvalue weighted by Crippen LogP contribution is 2.31. The summed E-state index contributed by atoms with van der Waals surface area (Å²) in [6.07, 6.45) is -1.68. The van der Waals surface area contributed by atoms with Crippen molar-refractivity contribution in [1.29, 1.82) is 0 Å². The molecule has 0 saturated heterocycles. The second kappa shape index (κ2) is 7.74. The number of hydrogen-bond acceptors (Lipinski definition) is 3. The van der Waals surface area contributed by atoms with Gasteiger partial charge in [0.2, 0.25) is 5.91 Å². The number of carbonyl (C=O) groups is 1. The topological polar surface area (TPSA) is 61.5 Å². The van der Waals surface area contributed by atoms with Gasteiger partial charge < -0.3 is 15.2 Å². The molecule has 7 heteroatoms. The number of rotatable bonds is 6. The van der Waals surface area contributed by atoms with E-state index >= 15 is 0 Å². The number of nitrogens with two attached hydrogens (primary N) is 1. The maximum Gasteiger partial charge on any atom is 0.416 e. The van der Waals surface area contributed by atoms with Crippen LogP contribution < -0.4 is 15.2 Å². The minimum Gasteiger partial charge on any atom is -0.493 e. The van der Waals surface area contributed by atoms with E-state index in [1.807, 2.05) is 0 Å². The molecule has 0 radical (unpaired) electrons. The third kappa shape index (κ3) is 5.27. The maximum atomic E-state index is 12.7. The van der Waals surface area contributed by atoms with Crippen LogP contribution in [0, 0.1) is 0 Å². The zero-order valence-corrected chi connectivity index (χ0v) is 13.3. The lowest BCUT2D eigenvalue weighted by atomic mass is 10.1. The smallest absolute Gasteiger partial charge is 0.416 e. The average molecular weight is 351 g/mol. The first-order valence-corrected chi connectivity index (χ1v) is 7.24. The van der Waals surface area contributed by atoms with Gasteiger partial charge in [0.25, 0.3) is 0 Å². The summed E-state index contributed by atoms with van der Waals surface area (Å²) in [4.78, 5) is 10.8. The highest BCUT2D eigenvalue weighted by molar-refractivity contribution is 5.90. The third-order valence-corrected chi connectivity index (χ3v) is 3.28. The number of methoxy groups -OCH3 is 1. The van der Waals surface area contributed by atoms with Crippen molar-refractivity contribution in [2.24, 2.45) is 5.73 Å². The van der Waals surface area contributed by atoms with E-state index in [0.717, 1.165) is 12.1 Å². The highest BCUT2D eigenvalue weighted by atomic mass is 19.4. The fourth-order valence-corrected chi connectivity index (χ4v) is 2.08. The number of hydrogen-bond donors (Lipinski definition) is 1. The van der Waals surface area contributed by atoms with Crippen molar-refractivity contribution in [1.82, 2.24) is 0 Å². The Balaban J connectivity index is 2.14. The molecule has 2 aromatic carbocycles. The Labute approximate surface area is 142 Å². The number of halogens is 3. The molecule has 0 fully saturated rings. The Morgan fingerprint density at radius 1 is 1.16 bits per heavy atom. The van der Waals surface area contributed by atoms with E-state index in [0.29, 0.717) is 22.6 Å². The maximum absolute atomic E-state index is 12.7. The van der Waals surface area contributed by atoms with Gasteiger partial charge in [-0.2, -0.15) is 13.2 Å². The summed E-state index contributed by atoms with van der Waals surface area (Å²) in [5, 5.41) is 0. The summed E-state index contributed by atoms with van der Waals surface area (Å²) < 4.78 is 48.9. The summed E-state index contributed by atoms with van der Waals surface area (Å²) in [6, 6.07) is 9.82. The Morgan fingerprint density at radius 2 is 1.92 bits per heavy atom. The number of alkyl halides is 3. The van der Waals surface area contributed by atoms with Gasteiger partial charge in [0.1, 0.15) is 6.61 Å². The van der Waals surface area contributed by atoms with Crippen LogP contribution in [0.1, 0.15) is 16.7 Å². The Morgan fingerprint density at radius 3 is 2.56 bits per heavy atom. The van der Waals surface area contributed by atoms with E-state index in [-0.39, 0.29) is 6.61 Å². The first-order valence-electron chi connectivity index (χ1n) is 7.24. The van der Waals surface area contributed by atoms with Crippen LogP contribution in [0.4, 0.5) is 13.2 Å². The number of carbonyl (C=O) groups excluding carboxylic acids is 1. The van der Waals surface area contributed by atoms with Gasteiger partial charge in [0.05, 0.1) is 12.7 Å². The zero-order chi connectivity index (χ0) is 18.4. The normalized spacial score (nSPS) is 11.5. The SMILES string of the molecule is COc1cc(/C=C\C(N)=O)ccc1OCc1cccc(C(F)(F)F)c1. The Hall–Kier alpha value is -2.96. The molecule has 25 heavy (non-hydrogen) atoms. The molecule has 4 nitrogen and oxygen atoms in total. The highest BCUT2D eigenvalue weighted by Gasteiger charge is 2.30. The van der Waals surface area contributed by atoms with Gasteiger partial charge in [0.15, 0.2) is 11.5 Å². The lowest BCUT2D eigenvalue weighted by Crippen LogP contribution is -2.06. The molecule has 0 heterocycles. The summed E-state index contributed by atoms with van der Waals surface area (Å²) in [5.41, 5.74) is 5.36. The van der Waals surface area contributed by atoms with Crippen LogP contribution in [-0.4, -0.2) is 13.0 Å². The largest absolute Gasteiger partial charge is 0.493 e. The molecular weight excluding hydrogens is 335 g/mol. The van der Waals surface area contributed by atoms with E-state index < -0.39 is 17.6 Å². The van der Waals surface area contributed by atoms with Crippen molar-refractivity contribution in [2.75, 3.05) is 7.11 Å². The summed E-state index contributed by atoms with van der Waals surface area (Å²) in [6.45, 7) is -0.0449. The summed E-state index contributed by atoms with van der Waals surface area (Å²) >= 11 is 0. The van der Waals surface area contributed by atoms with Crippen LogP contribution in [0.15, 0.2) is 48.5 Å². The number of amides is 1. The number of primary amides is 1. The van der Waals surface area contributed by atoms with E-state index in [1.54, 1.807) is 24.3 Å². The molecule has 2 N–H and O–H groups in total. The van der Waals surface area contributed by atoms with Crippen LogP contribution in [0.3, 0.4) is 0 Å². The molecule has 2 rings (SSSR count). The van der Waals surface area contributed by atoms with E-state index in [2.05, 4.69) is 0 Å². The van der Waals surface area contributed by atoms with Gasteiger partial charge in [-0.05, 0) is 41.5 Å². The molecule has 0 saturated carbocycles. The van der Waals surface area contributed by atoms with Gasteiger partial charge in [0, 0.05) is 6.08 Å². The fourth-order valence-electron chi connectivity index (χ4n) is 2.08. The van der Waals surface area contributed by atoms with Crippen LogP contribution in [0.5, 0.6) is 11.5 Å². The fraction of sp³-hybridized carbons (Fsp3) is 0.167. The van der Waals surface area contributed by atoms with E-state index in [4.69, 9.17) is 15.2 Å². The van der Waals surface area contributed by atoms with Gasteiger partial charge in [-0.15, -0.1) is 0 Å². The zero-order valence-electron chi connectivity index (χ0n) is 13.3. The van der Waals surface area contributed by atoms with Gasteiger partial charge >= 0.3 is 6.18 Å². The minimum atomic E-state index is -4.40. The van der Waals surface area contributed by atoms with Crippen molar-refractivity contribution in [3.63, 3.8) is 0 Å². The standard InChI is InChI=1S/C18H16F3NO3/c1-24-16-10-12(6-8-17(22)23)5-7-15(16)25-11-13-3-2-4-14(9-13)18(19,20)21/h2-10H,11H2,1H3,(H2,22,23)/b8-6-. The van der Waals surface area contributed by atoms with Crippen LogP contribution in [0.2, 0.25) is 0 Å². The van der Waals surface area contributed by atoms with Crippen molar-refractivity contribution in [3.8, 4) is 11.5 Å². The molecule has 0 aromatic heterocycles.